The summed E-state index contributed by atoms with van der Waals surface area (Å²) in [4.78, 5) is 28.1. The van der Waals surface area contributed by atoms with Gasteiger partial charge in [0.05, 0.1) is 11.9 Å². The van der Waals surface area contributed by atoms with Gasteiger partial charge in [-0.25, -0.2) is 8.42 Å². The molecule has 196 valence electrons. The molecule has 36 heavy (non-hydrogen) atoms. The van der Waals surface area contributed by atoms with E-state index in [1.54, 1.807) is 24.0 Å². The first-order chi connectivity index (χ1) is 17.0. The maximum atomic E-state index is 13.4. The Morgan fingerprint density at radius 3 is 2.31 bits per heavy atom. The van der Waals surface area contributed by atoms with Gasteiger partial charge in [0.2, 0.25) is 21.8 Å². The lowest BCUT2D eigenvalue weighted by Gasteiger charge is -2.30. The van der Waals surface area contributed by atoms with Gasteiger partial charge in [-0.05, 0) is 57.7 Å². The highest BCUT2D eigenvalue weighted by Gasteiger charge is 2.28. The number of rotatable bonds is 11. The van der Waals surface area contributed by atoms with E-state index in [0.29, 0.717) is 18.7 Å². The Morgan fingerprint density at radius 2 is 1.69 bits per heavy atom. The van der Waals surface area contributed by atoms with Gasteiger partial charge in [-0.3, -0.25) is 13.9 Å². The lowest BCUT2D eigenvalue weighted by Crippen LogP contribution is -2.49. The fraction of sp³-hybridized carbons (Fsp3) is 0.500. The van der Waals surface area contributed by atoms with E-state index >= 15 is 0 Å². The standard InChI is InChI=1S/C28H39N3O4S/c1-21-14-16-26(17-15-21)31(36(4,34)35)18-8-13-27(32)30(20-24-10-7-9-22(2)19-24)23(3)28(33)29-25-11-5-6-12-25/h7,9-10,14-17,19,23,25H,5-6,8,11-13,18,20H2,1-4H3,(H,29,33). The number of benzene rings is 2. The van der Waals surface area contributed by atoms with Gasteiger partial charge in [-0.2, -0.15) is 0 Å². The first kappa shape index (κ1) is 27.7. The van der Waals surface area contributed by atoms with Crippen LogP contribution in [0.3, 0.4) is 0 Å². The molecular weight excluding hydrogens is 474 g/mol. The predicted molar refractivity (Wildman–Crippen MR) is 144 cm³/mol. The minimum absolute atomic E-state index is 0.139. The molecule has 1 unspecified atom stereocenters. The van der Waals surface area contributed by atoms with Gasteiger partial charge >= 0.3 is 0 Å². The van der Waals surface area contributed by atoms with Crippen LogP contribution >= 0.6 is 0 Å². The van der Waals surface area contributed by atoms with Crippen molar-refractivity contribution < 1.29 is 18.0 Å². The lowest BCUT2D eigenvalue weighted by atomic mass is 10.1. The minimum atomic E-state index is -3.50. The van der Waals surface area contributed by atoms with E-state index in [1.807, 2.05) is 50.2 Å². The summed E-state index contributed by atoms with van der Waals surface area (Å²) in [7, 11) is -3.50. The molecule has 0 aliphatic heterocycles. The molecule has 0 bridgehead atoms. The Morgan fingerprint density at radius 1 is 1.03 bits per heavy atom. The van der Waals surface area contributed by atoms with Crippen molar-refractivity contribution in [3.05, 3.63) is 65.2 Å². The number of carbonyl (C=O) groups excluding carboxylic acids is 2. The first-order valence-electron chi connectivity index (χ1n) is 12.7. The molecule has 0 aromatic heterocycles. The SMILES string of the molecule is Cc1ccc(N(CCCC(=O)N(Cc2cccc(C)c2)C(C)C(=O)NC2CCCC2)S(C)(=O)=O)cc1. The number of sulfonamides is 1. The van der Waals surface area contributed by atoms with Crippen LogP contribution in [-0.2, 0) is 26.2 Å². The highest BCUT2D eigenvalue weighted by Crippen LogP contribution is 2.21. The zero-order valence-electron chi connectivity index (χ0n) is 21.9. The Balaban J connectivity index is 1.71. The van der Waals surface area contributed by atoms with E-state index in [9.17, 15) is 18.0 Å². The Bertz CT molecular complexity index is 1140. The normalized spacial score (nSPS) is 14.9. The van der Waals surface area contributed by atoms with E-state index in [4.69, 9.17) is 0 Å². The summed E-state index contributed by atoms with van der Waals surface area (Å²) in [6.45, 7) is 6.23. The van der Waals surface area contributed by atoms with Crippen LogP contribution in [0.5, 0.6) is 0 Å². The molecule has 3 rings (SSSR count). The van der Waals surface area contributed by atoms with Gasteiger partial charge in [-0.15, -0.1) is 0 Å². The van der Waals surface area contributed by atoms with Crippen molar-refractivity contribution in [3.63, 3.8) is 0 Å². The van der Waals surface area contributed by atoms with Crippen LogP contribution in [0.2, 0.25) is 0 Å². The van der Waals surface area contributed by atoms with Crippen LogP contribution in [0.25, 0.3) is 0 Å². The second kappa shape index (κ2) is 12.4. The van der Waals surface area contributed by atoms with E-state index < -0.39 is 16.1 Å². The van der Waals surface area contributed by atoms with Gasteiger partial charge in [0.1, 0.15) is 6.04 Å². The second-order valence-corrected chi connectivity index (χ2v) is 11.9. The topological polar surface area (TPSA) is 86.8 Å². The van der Waals surface area contributed by atoms with Gasteiger partial charge in [0.25, 0.3) is 0 Å². The molecule has 1 aliphatic rings. The summed E-state index contributed by atoms with van der Waals surface area (Å²) in [5, 5.41) is 3.11. The van der Waals surface area contributed by atoms with Crippen molar-refractivity contribution in [2.75, 3.05) is 17.1 Å². The molecule has 1 atom stereocenters. The predicted octanol–water partition coefficient (Wildman–Crippen LogP) is 4.33. The highest BCUT2D eigenvalue weighted by molar-refractivity contribution is 7.92. The van der Waals surface area contributed by atoms with Crippen molar-refractivity contribution >= 4 is 27.5 Å². The number of amides is 2. The average molecular weight is 514 g/mol. The molecule has 2 aromatic carbocycles. The number of nitrogens with one attached hydrogen (secondary N) is 1. The quantitative estimate of drug-likeness (QED) is 0.485. The number of anilines is 1. The Labute approximate surface area is 215 Å². The molecule has 0 radical (unpaired) electrons. The molecule has 1 saturated carbocycles. The zero-order valence-corrected chi connectivity index (χ0v) is 22.7. The van der Waals surface area contributed by atoms with Crippen molar-refractivity contribution in [2.45, 2.75) is 77.9 Å². The Hall–Kier alpha value is -2.87. The van der Waals surface area contributed by atoms with Crippen molar-refractivity contribution in [1.29, 1.82) is 0 Å². The maximum Gasteiger partial charge on any atom is 0.242 e. The highest BCUT2D eigenvalue weighted by atomic mass is 32.2. The molecule has 1 aliphatic carbocycles. The minimum Gasteiger partial charge on any atom is -0.352 e. The molecule has 0 saturated heterocycles. The number of nitrogens with zero attached hydrogens (tertiary/aromatic N) is 2. The molecule has 2 amide bonds. The fourth-order valence-corrected chi connectivity index (χ4v) is 5.66. The lowest BCUT2D eigenvalue weighted by molar-refractivity contribution is -0.141. The molecule has 8 heteroatoms. The summed E-state index contributed by atoms with van der Waals surface area (Å²) >= 11 is 0. The third-order valence-electron chi connectivity index (χ3n) is 6.78. The average Bonchev–Trinajstić information content (AvgIpc) is 3.33. The van der Waals surface area contributed by atoms with Crippen LogP contribution in [0.4, 0.5) is 5.69 Å². The van der Waals surface area contributed by atoms with Crippen LogP contribution in [-0.4, -0.2) is 50.0 Å². The number of hydrogen-bond donors (Lipinski definition) is 1. The van der Waals surface area contributed by atoms with Crippen molar-refractivity contribution in [2.24, 2.45) is 0 Å². The molecular formula is C28H39N3O4S. The first-order valence-corrected chi connectivity index (χ1v) is 14.6. The third kappa shape index (κ3) is 7.82. The summed E-state index contributed by atoms with van der Waals surface area (Å²) in [6.07, 6.45) is 5.85. The molecule has 7 nitrogen and oxygen atoms in total. The largest absolute Gasteiger partial charge is 0.352 e. The van der Waals surface area contributed by atoms with Crippen molar-refractivity contribution in [3.8, 4) is 0 Å². The summed E-state index contributed by atoms with van der Waals surface area (Å²) < 4.78 is 26.2. The summed E-state index contributed by atoms with van der Waals surface area (Å²) in [5.41, 5.74) is 3.67. The van der Waals surface area contributed by atoms with Gasteiger partial charge < -0.3 is 10.2 Å². The Kier molecular flexibility index (Phi) is 9.54. The van der Waals surface area contributed by atoms with Crippen LogP contribution in [0.1, 0.15) is 62.1 Å². The molecule has 0 spiro atoms. The molecule has 0 heterocycles. The summed E-state index contributed by atoms with van der Waals surface area (Å²) in [5.74, 6) is -0.303. The number of carbonyl (C=O) groups is 2. The van der Waals surface area contributed by atoms with E-state index in [2.05, 4.69) is 5.32 Å². The summed E-state index contributed by atoms with van der Waals surface area (Å²) in [6, 6.07) is 14.8. The van der Waals surface area contributed by atoms with Crippen LogP contribution in [0, 0.1) is 13.8 Å². The van der Waals surface area contributed by atoms with Crippen LogP contribution < -0.4 is 9.62 Å². The molecule has 2 aromatic rings. The van der Waals surface area contributed by atoms with Crippen LogP contribution in [0.15, 0.2) is 48.5 Å². The molecule has 1 fully saturated rings. The van der Waals surface area contributed by atoms with Crippen molar-refractivity contribution in [1.82, 2.24) is 10.2 Å². The van der Waals surface area contributed by atoms with E-state index in [1.165, 1.54) is 10.6 Å². The van der Waals surface area contributed by atoms with Gasteiger partial charge in [0.15, 0.2) is 0 Å². The smallest absolute Gasteiger partial charge is 0.242 e. The second-order valence-electron chi connectivity index (χ2n) is 9.95. The van der Waals surface area contributed by atoms with Gasteiger partial charge in [0, 0.05) is 25.6 Å². The third-order valence-corrected chi connectivity index (χ3v) is 7.97. The van der Waals surface area contributed by atoms with E-state index in [0.717, 1.165) is 42.4 Å². The zero-order chi connectivity index (χ0) is 26.3. The van der Waals surface area contributed by atoms with Gasteiger partial charge in [-0.1, -0.05) is 60.4 Å². The maximum absolute atomic E-state index is 13.4. The number of hydrogen-bond acceptors (Lipinski definition) is 4. The monoisotopic (exact) mass is 513 g/mol. The fourth-order valence-electron chi connectivity index (χ4n) is 4.70. The molecule has 1 N–H and O–H groups in total. The number of aryl methyl sites for hydroxylation is 2. The van der Waals surface area contributed by atoms with E-state index in [-0.39, 0.29) is 30.8 Å².